The zero-order chi connectivity index (χ0) is 13.5. The number of rotatable bonds is 6. The lowest BCUT2D eigenvalue weighted by Crippen LogP contribution is -2.22. The highest BCUT2D eigenvalue weighted by molar-refractivity contribution is 8.01. The lowest BCUT2D eigenvalue weighted by molar-refractivity contribution is -0.143. The first kappa shape index (κ1) is 14.6. The van der Waals surface area contributed by atoms with Gasteiger partial charge in [-0.2, -0.15) is 0 Å². The molecule has 0 radical (unpaired) electrons. The number of esters is 1. The van der Waals surface area contributed by atoms with E-state index in [0.717, 1.165) is 17.3 Å². The van der Waals surface area contributed by atoms with Crippen molar-refractivity contribution in [2.45, 2.75) is 31.0 Å². The number of hydrogen-bond donors (Lipinski definition) is 1. The van der Waals surface area contributed by atoms with E-state index in [-0.39, 0.29) is 6.61 Å². The van der Waals surface area contributed by atoms with Crippen LogP contribution in [0, 0.1) is 0 Å². The van der Waals surface area contributed by atoms with Gasteiger partial charge in [0, 0.05) is 0 Å². The molecule has 0 saturated heterocycles. The fourth-order valence-electron chi connectivity index (χ4n) is 1.27. The number of aliphatic carboxylic acids is 1. The van der Waals surface area contributed by atoms with Crippen LogP contribution in [-0.4, -0.2) is 27.5 Å². The molecule has 5 heteroatoms. The molecule has 0 bridgehead atoms. The average molecular weight is 268 g/mol. The Labute approximate surface area is 110 Å². The highest BCUT2D eigenvalue weighted by Crippen LogP contribution is 2.19. The van der Waals surface area contributed by atoms with Gasteiger partial charge in [0.15, 0.2) is 0 Å². The average Bonchev–Trinajstić information content (AvgIpc) is 2.36. The molecule has 0 saturated carbocycles. The van der Waals surface area contributed by atoms with E-state index in [9.17, 15) is 9.59 Å². The number of carbonyl (C=O) groups is 2. The van der Waals surface area contributed by atoms with Gasteiger partial charge in [-0.15, -0.1) is 11.8 Å². The minimum atomic E-state index is -0.928. The number of carbonyl (C=O) groups excluding carboxylic acids is 1. The molecule has 0 aliphatic heterocycles. The van der Waals surface area contributed by atoms with Crippen molar-refractivity contribution >= 4 is 23.7 Å². The van der Waals surface area contributed by atoms with E-state index in [4.69, 9.17) is 9.84 Å². The van der Waals surface area contributed by atoms with Crippen molar-refractivity contribution in [3.8, 4) is 0 Å². The van der Waals surface area contributed by atoms with Crippen molar-refractivity contribution in [3.63, 3.8) is 0 Å². The minimum absolute atomic E-state index is 0.214. The summed E-state index contributed by atoms with van der Waals surface area (Å²) in [7, 11) is 0. The Morgan fingerprint density at radius 3 is 2.39 bits per heavy atom. The maximum atomic E-state index is 11.6. The summed E-state index contributed by atoms with van der Waals surface area (Å²) in [5.74, 6) is -1.32. The molecule has 1 aromatic carbocycles. The molecule has 2 unspecified atom stereocenters. The Bertz CT molecular complexity index is 405. The standard InChI is InChI=1S/C13H16O4S/c1-9(12(14)15)18-10(2)13(16)17-8-11-6-4-3-5-7-11/h3-7,9-10H,8H2,1-2H3,(H,14,15). The molecular formula is C13H16O4S. The van der Waals surface area contributed by atoms with Gasteiger partial charge in [-0.05, 0) is 19.4 Å². The summed E-state index contributed by atoms with van der Waals surface area (Å²) >= 11 is 1.08. The molecule has 4 nitrogen and oxygen atoms in total. The fraction of sp³-hybridized carbons (Fsp3) is 0.385. The van der Waals surface area contributed by atoms with Gasteiger partial charge in [-0.1, -0.05) is 30.3 Å². The third-order valence-corrected chi connectivity index (χ3v) is 3.52. The van der Waals surface area contributed by atoms with Crippen LogP contribution in [0.15, 0.2) is 30.3 Å². The van der Waals surface area contributed by atoms with Crippen LogP contribution in [0.3, 0.4) is 0 Å². The van der Waals surface area contributed by atoms with Gasteiger partial charge < -0.3 is 9.84 Å². The van der Waals surface area contributed by atoms with E-state index in [2.05, 4.69) is 0 Å². The van der Waals surface area contributed by atoms with Gasteiger partial charge in [0.25, 0.3) is 0 Å². The molecule has 0 aromatic heterocycles. The SMILES string of the molecule is CC(SC(C)C(=O)OCc1ccccc1)C(=O)O. The van der Waals surface area contributed by atoms with Crippen molar-refractivity contribution in [3.05, 3.63) is 35.9 Å². The maximum Gasteiger partial charge on any atom is 0.319 e. The molecule has 0 spiro atoms. The van der Waals surface area contributed by atoms with Crippen molar-refractivity contribution < 1.29 is 19.4 Å². The monoisotopic (exact) mass is 268 g/mol. The Morgan fingerprint density at radius 2 is 1.83 bits per heavy atom. The molecule has 1 aromatic rings. The zero-order valence-corrected chi connectivity index (χ0v) is 11.1. The first-order chi connectivity index (χ1) is 8.50. The minimum Gasteiger partial charge on any atom is -0.480 e. The first-order valence-corrected chi connectivity index (χ1v) is 6.54. The molecule has 1 N–H and O–H groups in total. The fourth-order valence-corrected chi connectivity index (χ4v) is 2.17. The summed E-state index contributed by atoms with van der Waals surface area (Å²) in [5, 5.41) is 7.64. The zero-order valence-electron chi connectivity index (χ0n) is 10.3. The highest BCUT2D eigenvalue weighted by atomic mass is 32.2. The molecule has 98 valence electrons. The van der Waals surface area contributed by atoms with E-state index in [0.29, 0.717) is 0 Å². The lowest BCUT2D eigenvalue weighted by atomic mass is 10.2. The summed E-state index contributed by atoms with van der Waals surface area (Å²) < 4.78 is 5.12. The summed E-state index contributed by atoms with van der Waals surface area (Å²) in [6, 6.07) is 9.36. The largest absolute Gasteiger partial charge is 0.480 e. The van der Waals surface area contributed by atoms with Crippen LogP contribution < -0.4 is 0 Å². The van der Waals surface area contributed by atoms with E-state index >= 15 is 0 Å². The molecule has 0 amide bonds. The third-order valence-electron chi connectivity index (χ3n) is 2.31. The molecule has 2 atom stereocenters. The summed E-state index contributed by atoms with van der Waals surface area (Å²) in [6.45, 7) is 3.41. The van der Waals surface area contributed by atoms with Gasteiger partial charge in [0.05, 0.1) is 0 Å². The number of benzene rings is 1. The van der Waals surface area contributed by atoms with E-state index in [1.165, 1.54) is 0 Å². The van der Waals surface area contributed by atoms with E-state index < -0.39 is 22.4 Å². The van der Waals surface area contributed by atoms with Crippen LogP contribution in [0.25, 0.3) is 0 Å². The Kier molecular flexibility index (Phi) is 5.71. The van der Waals surface area contributed by atoms with Crippen LogP contribution in [0.2, 0.25) is 0 Å². The molecule has 0 fully saturated rings. The van der Waals surface area contributed by atoms with Crippen molar-refractivity contribution in [1.82, 2.24) is 0 Å². The quantitative estimate of drug-likeness (QED) is 0.802. The van der Waals surface area contributed by atoms with Gasteiger partial charge in [-0.25, -0.2) is 0 Å². The topological polar surface area (TPSA) is 63.6 Å². The van der Waals surface area contributed by atoms with Gasteiger partial charge in [0.2, 0.25) is 0 Å². The normalized spacial score (nSPS) is 13.7. The van der Waals surface area contributed by atoms with Crippen molar-refractivity contribution in [1.29, 1.82) is 0 Å². The van der Waals surface area contributed by atoms with Gasteiger partial charge in [-0.3, -0.25) is 9.59 Å². The van der Waals surface area contributed by atoms with Crippen molar-refractivity contribution in [2.75, 3.05) is 0 Å². The van der Waals surface area contributed by atoms with Crippen LogP contribution >= 0.6 is 11.8 Å². The second-order valence-electron chi connectivity index (χ2n) is 3.85. The van der Waals surface area contributed by atoms with Crippen LogP contribution in [-0.2, 0) is 20.9 Å². The van der Waals surface area contributed by atoms with Crippen LogP contribution in [0.1, 0.15) is 19.4 Å². The number of thioether (sulfide) groups is 1. The Balaban J connectivity index is 2.39. The van der Waals surface area contributed by atoms with Crippen LogP contribution in [0.4, 0.5) is 0 Å². The Morgan fingerprint density at radius 1 is 1.22 bits per heavy atom. The second-order valence-corrected chi connectivity index (χ2v) is 5.54. The van der Waals surface area contributed by atoms with Gasteiger partial charge >= 0.3 is 11.9 Å². The molecule has 18 heavy (non-hydrogen) atoms. The maximum absolute atomic E-state index is 11.6. The summed E-state index contributed by atoms with van der Waals surface area (Å²) in [4.78, 5) is 22.3. The molecule has 0 heterocycles. The first-order valence-electron chi connectivity index (χ1n) is 5.59. The van der Waals surface area contributed by atoms with E-state index in [1.54, 1.807) is 13.8 Å². The van der Waals surface area contributed by atoms with E-state index in [1.807, 2.05) is 30.3 Å². The third kappa shape index (κ3) is 4.79. The second kappa shape index (κ2) is 7.06. The summed E-state index contributed by atoms with van der Waals surface area (Å²) in [6.07, 6.45) is 0. The summed E-state index contributed by atoms with van der Waals surface area (Å²) in [5.41, 5.74) is 0.911. The van der Waals surface area contributed by atoms with Crippen molar-refractivity contribution in [2.24, 2.45) is 0 Å². The number of ether oxygens (including phenoxy) is 1. The molecule has 1 rings (SSSR count). The molecule has 0 aliphatic rings. The molecule has 0 aliphatic carbocycles. The van der Waals surface area contributed by atoms with Gasteiger partial charge in [0.1, 0.15) is 17.1 Å². The lowest BCUT2D eigenvalue weighted by Gasteiger charge is -2.13. The predicted octanol–water partition coefficient (Wildman–Crippen LogP) is 2.32. The highest BCUT2D eigenvalue weighted by Gasteiger charge is 2.22. The number of carboxylic acid groups (broad SMARTS) is 1. The predicted molar refractivity (Wildman–Crippen MR) is 70.4 cm³/mol. The molecular weight excluding hydrogens is 252 g/mol. The Hall–Kier alpha value is -1.49. The smallest absolute Gasteiger partial charge is 0.319 e. The number of hydrogen-bond acceptors (Lipinski definition) is 4. The number of carboxylic acids is 1. The van der Waals surface area contributed by atoms with Crippen LogP contribution in [0.5, 0.6) is 0 Å².